The number of ether oxygens (including phenoxy) is 1. The van der Waals surface area contributed by atoms with Gasteiger partial charge in [0.25, 0.3) is 0 Å². The molecule has 1 aromatic heterocycles. The molecule has 0 aliphatic rings. The van der Waals surface area contributed by atoms with Gasteiger partial charge in [0.2, 0.25) is 0 Å². The van der Waals surface area contributed by atoms with Crippen LogP contribution in [0.15, 0.2) is 59.6 Å². The lowest BCUT2D eigenvalue weighted by atomic mass is 10.2. The minimum absolute atomic E-state index is 0. The third-order valence-corrected chi connectivity index (χ3v) is 5.69. The van der Waals surface area contributed by atoms with E-state index in [-0.39, 0.29) is 37.1 Å². The van der Waals surface area contributed by atoms with Crippen molar-refractivity contribution >= 4 is 51.4 Å². The molecule has 8 heteroatoms. The average molecular weight is 555 g/mol. The minimum Gasteiger partial charge on any atom is -0.491 e. The molecule has 0 aliphatic heterocycles. The summed E-state index contributed by atoms with van der Waals surface area (Å²) < 4.78 is 6.78. The molecule has 0 radical (unpaired) electrons. The smallest absolute Gasteiger partial charge is 0.191 e. The summed E-state index contributed by atoms with van der Waals surface area (Å²) in [7, 11) is 0. The van der Waals surface area contributed by atoms with Crippen LogP contribution in [0, 0.1) is 6.92 Å². The summed E-state index contributed by atoms with van der Waals surface area (Å²) in [6, 6.07) is 17.8. The second-order valence-electron chi connectivity index (χ2n) is 7.08. The number of hydrogen-bond acceptors (Lipinski definition) is 5. The number of nitrogens with zero attached hydrogens (tertiary/aromatic N) is 1. The van der Waals surface area contributed by atoms with E-state index in [1.165, 1.54) is 0 Å². The van der Waals surface area contributed by atoms with Crippen molar-refractivity contribution in [2.24, 2.45) is 4.99 Å². The number of aliphatic hydroxyl groups excluding tert-OH is 2. The predicted molar refractivity (Wildman–Crippen MR) is 139 cm³/mol. The van der Waals surface area contributed by atoms with E-state index < -0.39 is 12.2 Å². The van der Waals surface area contributed by atoms with E-state index in [0.717, 1.165) is 26.3 Å². The fourth-order valence-corrected chi connectivity index (χ4v) is 4.00. The Labute approximate surface area is 204 Å². The van der Waals surface area contributed by atoms with E-state index in [4.69, 9.17) is 4.74 Å². The number of thiophene rings is 1. The quantitative estimate of drug-likeness (QED) is 0.183. The van der Waals surface area contributed by atoms with Crippen LogP contribution in [0.3, 0.4) is 0 Å². The first-order valence-corrected chi connectivity index (χ1v) is 10.9. The van der Waals surface area contributed by atoms with Crippen LogP contribution in [-0.2, 0) is 0 Å². The Bertz CT molecular complexity index is 946. The molecule has 0 saturated carbocycles. The highest BCUT2D eigenvalue weighted by Gasteiger charge is 2.12. The summed E-state index contributed by atoms with van der Waals surface area (Å²) in [5, 5.41) is 28.2. The molecule has 6 nitrogen and oxygen atoms in total. The Morgan fingerprint density at radius 2 is 1.90 bits per heavy atom. The van der Waals surface area contributed by atoms with E-state index in [0.29, 0.717) is 19.0 Å². The maximum Gasteiger partial charge on any atom is 0.191 e. The van der Waals surface area contributed by atoms with Gasteiger partial charge < -0.3 is 25.6 Å². The molecule has 31 heavy (non-hydrogen) atoms. The Morgan fingerprint density at radius 1 is 1.10 bits per heavy atom. The van der Waals surface area contributed by atoms with Crippen LogP contribution in [-0.4, -0.2) is 48.5 Å². The number of nitrogens with one attached hydrogen (secondary N) is 2. The molecule has 4 N–H and O–H groups in total. The molecule has 0 bridgehead atoms. The first kappa shape index (κ1) is 25.4. The molecular formula is C23H30IN3O3S. The largest absolute Gasteiger partial charge is 0.491 e. The van der Waals surface area contributed by atoms with Gasteiger partial charge in [-0.25, -0.2) is 0 Å². The lowest BCUT2D eigenvalue weighted by molar-refractivity contribution is 0.114. The van der Waals surface area contributed by atoms with Crippen LogP contribution >= 0.6 is 35.3 Å². The fourth-order valence-electron chi connectivity index (χ4n) is 2.95. The van der Waals surface area contributed by atoms with Crippen LogP contribution < -0.4 is 15.4 Å². The van der Waals surface area contributed by atoms with Crippen molar-refractivity contribution in [2.75, 3.05) is 26.2 Å². The maximum absolute atomic E-state index is 10.5. The van der Waals surface area contributed by atoms with E-state index in [1.807, 2.05) is 62.4 Å². The van der Waals surface area contributed by atoms with Gasteiger partial charge in [-0.15, -0.1) is 35.3 Å². The van der Waals surface area contributed by atoms with Crippen LogP contribution in [0.1, 0.15) is 23.5 Å². The topological polar surface area (TPSA) is 86.1 Å². The summed E-state index contributed by atoms with van der Waals surface area (Å²) in [5.41, 5.74) is 1.11. The van der Waals surface area contributed by atoms with Crippen molar-refractivity contribution in [3.8, 4) is 5.75 Å². The lowest BCUT2D eigenvalue weighted by Crippen LogP contribution is -2.40. The number of halogens is 1. The standard InChI is InChI=1S/C23H29N3O3S.HI/c1-3-24-23(25-13-18(27)15-29-19-9-6-7-16(2)11-19)26-14-20(28)22-12-17-8-4-5-10-21(17)30-22;/h4-12,18,20,27-28H,3,13-15H2,1-2H3,(H2,24,25,26);1H. The Hall–Kier alpha value is -1.88. The number of aliphatic imine (C=N–C) groups is 1. The molecule has 1 heterocycles. The molecular weight excluding hydrogens is 525 g/mol. The third kappa shape index (κ3) is 7.95. The molecule has 0 spiro atoms. The van der Waals surface area contributed by atoms with Crippen molar-refractivity contribution in [3.05, 3.63) is 65.0 Å². The number of aryl methyl sites for hydroxylation is 1. The van der Waals surface area contributed by atoms with Crippen molar-refractivity contribution < 1.29 is 14.9 Å². The second-order valence-corrected chi connectivity index (χ2v) is 8.20. The summed E-state index contributed by atoms with van der Waals surface area (Å²) in [6.07, 6.45) is -1.37. The van der Waals surface area contributed by atoms with Crippen LogP contribution in [0.5, 0.6) is 5.75 Å². The Balaban J connectivity index is 0.00000341. The van der Waals surface area contributed by atoms with Crippen LogP contribution in [0.25, 0.3) is 10.1 Å². The Morgan fingerprint density at radius 3 is 2.65 bits per heavy atom. The van der Waals surface area contributed by atoms with Crippen molar-refractivity contribution in [2.45, 2.75) is 26.1 Å². The second kappa shape index (κ2) is 12.8. The molecule has 2 aromatic carbocycles. The highest BCUT2D eigenvalue weighted by Crippen LogP contribution is 2.29. The molecule has 2 unspecified atom stereocenters. The van der Waals surface area contributed by atoms with Gasteiger partial charge >= 0.3 is 0 Å². The zero-order valence-corrected chi connectivity index (χ0v) is 20.9. The van der Waals surface area contributed by atoms with E-state index in [2.05, 4.69) is 21.7 Å². The van der Waals surface area contributed by atoms with Crippen LogP contribution in [0.4, 0.5) is 0 Å². The zero-order chi connectivity index (χ0) is 21.3. The van der Waals surface area contributed by atoms with Gasteiger partial charge in [-0.2, -0.15) is 0 Å². The number of benzene rings is 2. The van der Waals surface area contributed by atoms with E-state index in [1.54, 1.807) is 11.3 Å². The molecule has 168 valence electrons. The number of aliphatic hydroxyl groups is 2. The molecule has 0 fully saturated rings. The van der Waals surface area contributed by atoms with Gasteiger partial charge in [-0.3, -0.25) is 4.99 Å². The van der Waals surface area contributed by atoms with Crippen LogP contribution in [0.2, 0.25) is 0 Å². The molecule has 3 rings (SSSR count). The van der Waals surface area contributed by atoms with Gasteiger partial charge in [0.05, 0.1) is 6.54 Å². The predicted octanol–water partition coefficient (Wildman–Crippen LogP) is 3.86. The molecule has 0 saturated heterocycles. The van der Waals surface area contributed by atoms with Crippen molar-refractivity contribution in [1.29, 1.82) is 0 Å². The summed E-state index contributed by atoms with van der Waals surface area (Å²) in [6.45, 7) is 5.33. The molecule has 2 atom stereocenters. The molecule has 3 aromatic rings. The van der Waals surface area contributed by atoms with Gasteiger partial charge in [0.1, 0.15) is 24.6 Å². The number of fused-ring (bicyclic) bond motifs is 1. The number of hydrogen-bond donors (Lipinski definition) is 4. The average Bonchev–Trinajstić information content (AvgIpc) is 3.18. The van der Waals surface area contributed by atoms with Crippen molar-refractivity contribution in [1.82, 2.24) is 10.6 Å². The van der Waals surface area contributed by atoms with Gasteiger partial charge in [0.15, 0.2) is 5.96 Å². The van der Waals surface area contributed by atoms with Gasteiger partial charge in [-0.1, -0.05) is 30.3 Å². The first-order chi connectivity index (χ1) is 14.5. The molecule has 0 amide bonds. The normalized spacial score (nSPS) is 13.4. The highest BCUT2D eigenvalue weighted by molar-refractivity contribution is 14.0. The lowest BCUT2D eigenvalue weighted by Gasteiger charge is -2.15. The Kier molecular flexibility index (Phi) is 10.5. The third-order valence-electron chi connectivity index (χ3n) is 4.47. The van der Waals surface area contributed by atoms with Gasteiger partial charge in [-0.05, 0) is 49.1 Å². The van der Waals surface area contributed by atoms with Gasteiger partial charge in [0, 0.05) is 22.7 Å². The molecule has 0 aliphatic carbocycles. The maximum atomic E-state index is 10.5. The number of guanidine groups is 1. The van der Waals surface area contributed by atoms with E-state index in [9.17, 15) is 10.2 Å². The SMILES string of the molecule is CCNC(=NCC(O)COc1cccc(C)c1)NCC(O)c1cc2ccccc2s1.I. The van der Waals surface area contributed by atoms with E-state index >= 15 is 0 Å². The summed E-state index contributed by atoms with van der Waals surface area (Å²) >= 11 is 1.59. The summed E-state index contributed by atoms with van der Waals surface area (Å²) in [4.78, 5) is 5.32. The zero-order valence-electron chi connectivity index (χ0n) is 17.7. The van der Waals surface area contributed by atoms with Crippen molar-refractivity contribution in [3.63, 3.8) is 0 Å². The first-order valence-electron chi connectivity index (χ1n) is 10.1. The fraction of sp³-hybridized carbons (Fsp3) is 0.348. The summed E-state index contributed by atoms with van der Waals surface area (Å²) in [5.74, 6) is 1.28. The monoisotopic (exact) mass is 555 g/mol. The minimum atomic E-state index is -0.728. The number of rotatable bonds is 9. The highest BCUT2D eigenvalue weighted by atomic mass is 127.